The van der Waals surface area contributed by atoms with Crippen molar-refractivity contribution in [1.82, 2.24) is 20.2 Å². The Morgan fingerprint density at radius 2 is 1.91 bits per heavy atom. The first-order chi connectivity index (χ1) is 16.3. The Balaban J connectivity index is 1.49. The van der Waals surface area contributed by atoms with Crippen molar-refractivity contribution in [3.05, 3.63) is 69.9 Å². The lowest BCUT2D eigenvalue weighted by molar-refractivity contribution is -0.141. The highest BCUT2D eigenvalue weighted by atomic mass is 32.1. The standard InChI is InChI=1S/C25H27F3N4OS/c1-17(18-7-5-8-19(15-18)20-9-6-11-29-16-20)30-24(33)22-23(25(26,27)28)31-21(34-22)10-14-32-12-3-2-4-13-32/h5-9,11,15-17H,2-4,10,12-14H2,1H3,(H,30,33)/t17-/m0/s1. The first-order valence-corrected chi connectivity index (χ1v) is 12.2. The third-order valence-corrected chi connectivity index (χ3v) is 7.08. The number of nitrogens with one attached hydrogen (secondary N) is 1. The highest BCUT2D eigenvalue weighted by Crippen LogP contribution is 2.35. The quantitative estimate of drug-likeness (QED) is 0.461. The van der Waals surface area contributed by atoms with Gasteiger partial charge in [-0.05, 0) is 61.7 Å². The van der Waals surface area contributed by atoms with Crippen LogP contribution in [0.5, 0.6) is 0 Å². The highest BCUT2D eigenvalue weighted by Gasteiger charge is 2.39. The minimum absolute atomic E-state index is 0.342. The van der Waals surface area contributed by atoms with Crippen LogP contribution in [-0.4, -0.2) is 40.4 Å². The van der Waals surface area contributed by atoms with E-state index in [2.05, 4.69) is 20.2 Å². The van der Waals surface area contributed by atoms with Gasteiger partial charge < -0.3 is 10.2 Å². The molecule has 0 saturated carbocycles. The normalized spacial score (nSPS) is 15.8. The summed E-state index contributed by atoms with van der Waals surface area (Å²) in [6.07, 6.45) is 2.56. The summed E-state index contributed by atoms with van der Waals surface area (Å²) in [6.45, 7) is 4.33. The molecule has 9 heteroatoms. The van der Waals surface area contributed by atoms with Gasteiger partial charge in [-0.3, -0.25) is 9.78 Å². The van der Waals surface area contributed by atoms with Gasteiger partial charge in [0.1, 0.15) is 4.88 Å². The zero-order chi connectivity index (χ0) is 24.1. The molecule has 3 aromatic rings. The summed E-state index contributed by atoms with van der Waals surface area (Å²) in [4.78, 5) is 22.7. The Labute approximate surface area is 201 Å². The van der Waals surface area contributed by atoms with Crippen LogP contribution in [0.1, 0.15) is 58.2 Å². The van der Waals surface area contributed by atoms with Crippen LogP contribution < -0.4 is 5.32 Å². The average molecular weight is 489 g/mol. The lowest BCUT2D eigenvalue weighted by atomic mass is 10.0. The number of nitrogens with zero attached hydrogens (tertiary/aromatic N) is 3. The number of rotatable bonds is 7. The van der Waals surface area contributed by atoms with Crippen molar-refractivity contribution in [2.75, 3.05) is 19.6 Å². The zero-order valence-corrected chi connectivity index (χ0v) is 19.8. The number of carbonyl (C=O) groups is 1. The number of hydrogen-bond acceptors (Lipinski definition) is 5. The van der Waals surface area contributed by atoms with Gasteiger partial charge in [0.15, 0.2) is 5.69 Å². The Morgan fingerprint density at radius 1 is 1.15 bits per heavy atom. The van der Waals surface area contributed by atoms with Gasteiger partial charge in [-0.15, -0.1) is 11.3 Å². The second kappa shape index (κ2) is 10.7. The molecule has 4 rings (SSSR count). The number of carbonyl (C=O) groups excluding carboxylic acids is 1. The molecular formula is C25H27F3N4OS. The summed E-state index contributed by atoms with van der Waals surface area (Å²) in [6, 6.07) is 10.8. The van der Waals surface area contributed by atoms with Gasteiger partial charge in [-0.1, -0.05) is 30.7 Å². The number of alkyl halides is 3. The fourth-order valence-corrected chi connectivity index (χ4v) is 5.10. The first kappa shape index (κ1) is 24.3. The molecule has 2 aromatic heterocycles. The molecule has 0 unspecified atom stereocenters. The molecule has 1 aliphatic heterocycles. The van der Waals surface area contributed by atoms with E-state index in [0.29, 0.717) is 18.0 Å². The number of thiazole rings is 1. The van der Waals surface area contributed by atoms with Crippen LogP contribution in [0.15, 0.2) is 48.8 Å². The summed E-state index contributed by atoms with van der Waals surface area (Å²) in [5.41, 5.74) is 1.53. The lowest BCUT2D eigenvalue weighted by Gasteiger charge is -2.25. The van der Waals surface area contributed by atoms with Crippen molar-refractivity contribution in [2.24, 2.45) is 0 Å². The third kappa shape index (κ3) is 6.01. The van der Waals surface area contributed by atoms with E-state index in [0.717, 1.165) is 54.0 Å². The predicted octanol–water partition coefficient (Wildman–Crippen LogP) is 5.74. The van der Waals surface area contributed by atoms with E-state index in [4.69, 9.17) is 0 Å². The Kier molecular flexibility index (Phi) is 7.63. The molecule has 0 aliphatic carbocycles. The molecule has 0 bridgehead atoms. The maximum Gasteiger partial charge on any atom is 0.435 e. The number of pyridine rings is 1. The van der Waals surface area contributed by atoms with Crippen LogP contribution in [0.25, 0.3) is 11.1 Å². The minimum Gasteiger partial charge on any atom is -0.345 e. The van der Waals surface area contributed by atoms with Crippen LogP contribution in [0.4, 0.5) is 13.2 Å². The van der Waals surface area contributed by atoms with Gasteiger partial charge in [-0.2, -0.15) is 13.2 Å². The van der Waals surface area contributed by atoms with E-state index >= 15 is 0 Å². The number of benzene rings is 1. The maximum atomic E-state index is 13.7. The van der Waals surface area contributed by atoms with E-state index in [9.17, 15) is 18.0 Å². The second-order valence-corrected chi connectivity index (χ2v) is 9.58. The second-order valence-electron chi connectivity index (χ2n) is 8.50. The van der Waals surface area contributed by atoms with Crippen molar-refractivity contribution in [1.29, 1.82) is 0 Å². The smallest absolute Gasteiger partial charge is 0.345 e. The van der Waals surface area contributed by atoms with Crippen molar-refractivity contribution in [2.45, 2.75) is 44.8 Å². The molecule has 1 N–H and O–H groups in total. The largest absolute Gasteiger partial charge is 0.435 e. The van der Waals surface area contributed by atoms with Crippen LogP contribution in [0.3, 0.4) is 0 Å². The van der Waals surface area contributed by atoms with Crippen molar-refractivity contribution in [3.8, 4) is 11.1 Å². The Bertz CT molecular complexity index is 1110. The van der Waals surface area contributed by atoms with Gasteiger partial charge in [-0.25, -0.2) is 4.98 Å². The number of amides is 1. The number of likely N-dealkylation sites (tertiary alicyclic amines) is 1. The number of piperidine rings is 1. The van der Waals surface area contributed by atoms with E-state index in [-0.39, 0.29) is 4.88 Å². The van der Waals surface area contributed by atoms with E-state index < -0.39 is 23.8 Å². The monoisotopic (exact) mass is 488 g/mol. The fourth-order valence-electron chi connectivity index (χ4n) is 4.12. The summed E-state index contributed by atoms with van der Waals surface area (Å²) in [7, 11) is 0. The molecule has 1 aromatic carbocycles. The minimum atomic E-state index is -4.68. The van der Waals surface area contributed by atoms with Crippen LogP contribution in [0.2, 0.25) is 0 Å². The van der Waals surface area contributed by atoms with Gasteiger partial charge in [0.2, 0.25) is 0 Å². The van der Waals surface area contributed by atoms with Gasteiger partial charge in [0.05, 0.1) is 11.0 Å². The first-order valence-electron chi connectivity index (χ1n) is 11.4. The molecule has 1 aliphatic rings. The summed E-state index contributed by atoms with van der Waals surface area (Å²) in [5.74, 6) is -0.756. The predicted molar refractivity (Wildman–Crippen MR) is 127 cm³/mol. The molecule has 1 saturated heterocycles. The Hall–Kier alpha value is -2.78. The third-order valence-electron chi connectivity index (χ3n) is 5.97. The number of aromatic nitrogens is 2. The topological polar surface area (TPSA) is 58.1 Å². The average Bonchev–Trinajstić information content (AvgIpc) is 3.29. The van der Waals surface area contributed by atoms with Crippen molar-refractivity contribution < 1.29 is 18.0 Å². The lowest BCUT2D eigenvalue weighted by Crippen LogP contribution is -2.31. The molecule has 1 fully saturated rings. The molecule has 34 heavy (non-hydrogen) atoms. The zero-order valence-electron chi connectivity index (χ0n) is 18.9. The molecule has 1 atom stereocenters. The number of halogens is 3. The van der Waals surface area contributed by atoms with Gasteiger partial charge in [0.25, 0.3) is 5.91 Å². The fraction of sp³-hybridized carbons (Fsp3) is 0.400. The summed E-state index contributed by atoms with van der Waals surface area (Å²) < 4.78 is 41.0. The molecule has 5 nitrogen and oxygen atoms in total. The molecule has 0 spiro atoms. The van der Waals surface area contributed by atoms with Crippen LogP contribution in [0, 0.1) is 0 Å². The molecule has 180 valence electrons. The molecule has 0 radical (unpaired) electrons. The van der Waals surface area contributed by atoms with Crippen LogP contribution in [-0.2, 0) is 12.6 Å². The van der Waals surface area contributed by atoms with E-state index in [1.165, 1.54) is 6.42 Å². The number of hydrogen-bond donors (Lipinski definition) is 1. The molecular weight excluding hydrogens is 461 g/mol. The molecule has 1 amide bonds. The maximum absolute atomic E-state index is 13.7. The van der Waals surface area contributed by atoms with Crippen molar-refractivity contribution >= 4 is 17.2 Å². The Morgan fingerprint density at radius 3 is 2.62 bits per heavy atom. The molecule has 3 heterocycles. The highest BCUT2D eigenvalue weighted by molar-refractivity contribution is 7.13. The van der Waals surface area contributed by atoms with Gasteiger partial charge in [0, 0.05) is 25.4 Å². The van der Waals surface area contributed by atoms with E-state index in [1.807, 2.05) is 36.4 Å². The SMILES string of the molecule is C[C@H](NC(=O)c1sc(CCN2CCCCC2)nc1C(F)(F)F)c1cccc(-c2cccnc2)c1. The van der Waals surface area contributed by atoms with Crippen LogP contribution >= 0.6 is 11.3 Å². The summed E-state index contributed by atoms with van der Waals surface area (Å²) in [5, 5.41) is 3.07. The van der Waals surface area contributed by atoms with Gasteiger partial charge >= 0.3 is 6.18 Å². The summed E-state index contributed by atoms with van der Waals surface area (Å²) >= 11 is 0.842. The van der Waals surface area contributed by atoms with Crippen molar-refractivity contribution in [3.63, 3.8) is 0 Å². The van der Waals surface area contributed by atoms with E-state index in [1.54, 1.807) is 19.3 Å².